The minimum absolute atomic E-state index is 0.875. The van der Waals surface area contributed by atoms with Gasteiger partial charge in [-0.1, -0.05) is 66.7 Å². The Labute approximate surface area is 255 Å². The topological polar surface area (TPSA) is 44.1 Å². The van der Waals surface area contributed by atoms with Crippen LogP contribution in [0, 0.1) is 0 Å². The third-order valence-electron chi connectivity index (χ3n) is 9.57. The first-order valence-corrected chi connectivity index (χ1v) is 15.2. The molecule has 0 N–H and O–H groups in total. The van der Waals surface area contributed by atoms with E-state index >= 15 is 0 Å². The highest BCUT2D eigenvalue weighted by Crippen LogP contribution is 2.45. The highest BCUT2D eigenvalue weighted by Gasteiger charge is 2.21. The Bertz CT molecular complexity index is 2980. The molecule has 4 nitrogen and oxygen atoms in total. The number of para-hydroxylation sites is 1. The zero-order chi connectivity index (χ0) is 29.2. The molecule has 45 heavy (non-hydrogen) atoms. The van der Waals surface area contributed by atoms with Crippen LogP contribution in [0.1, 0.15) is 0 Å². The summed E-state index contributed by atoms with van der Waals surface area (Å²) in [5.74, 6) is 0. The maximum absolute atomic E-state index is 6.51. The number of hydrogen-bond donors (Lipinski definition) is 0. The SMILES string of the molecule is c1ccc(-c2cc3oc4cccc5c6cc(-n7c8cc9c(cc8c8ncccc87)oc7ccccc79)ccc6c(c2)c3c45)cc1. The van der Waals surface area contributed by atoms with Gasteiger partial charge in [0.15, 0.2) is 0 Å². The van der Waals surface area contributed by atoms with Crippen molar-refractivity contribution in [3.8, 4) is 16.8 Å². The van der Waals surface area contributed by atoms with Crippen LogP contribution in [-0.4, -0.2) is 9.55 Å². The summed E-state index contributed by atoms with van der Waals surface area (Å²) in [4.78, 5) is 4.85. The van der Waals surface area contributed by atoms with Crippen LogP contribution in [-0.2, 0) is 0 Å². The van der Waals surface area contributed by atoms with E-state index in [1.54, 1.807) is 0 Å². The summed E-state index contributed by atoms with van der Waals surface area (Å²) in [6.45, 7) is 0. The molecule has 4 heteroatoms. The molecule has 0 aliphatic heterocycles. The monoisotopic (exact) mass is 574 g/mol. The second-order valence-electron chi connectivity index (χ2n) is 11.9. The fourth-order valence-electron chi connectivity index (χ4n) is 7.64. The zero-order valence-electron chi connectivity index (χ0n) is 23.9. The van der Waals surface area contributed by atoms with Crippen LogP contribution >= 0.6 is 0 Å². The maximum Gasteiger partial charge on any atom is 0.136 e. The lowest BCUT2D eigenvalue weighted by molar-refractivity contribution is 0.669. The molecule has 0 bridgehead atoms. The normalized spacial score (nSPS) is 12.4. The highest BCUT2D eigenvalue weighted by atomic mass is 16.3. The molecule has 208 valence electrons. The Morgan fingerprint density at radius 1 is 0.422 bits per heavy atom. The molecule has 0 spiro atoms. The van der Waals surface area contributed by atoms with Gasteiger partial charge in [-0.15, -0.1) is 0 Å². The van der Waals surface area contributed by atoms with Crippen LogP contribution in [0.5, 0.6) is 0 Å². The Kier molecular flexibility index (Phi) is 4.29. The van der Waals surface area contributed by atoms with Crippen molar-refractivity contribution in [2.75, 3.05) is 0 Å². The number of furan rings is 2. The van der Waals surface area contributed by atoms with Crippen LogP contribution in [0.4, 0.5) is 0 Å². The van der Waals surface area contributed by atoms with Crippen molar-refractivity contribution >= 4 is 87.4 Å². The van der Waals surface area contributed by atoms with Crippen LogP contribution in [0.25, 0.3) is 104 Å². The molecule has 0 saturated heterocycles. The zero-order valence-corrected chi connectivity index (χ0v) is 23.9. The smallest absolute Gasteiger partial charge is 0.136 e. The van der Waals surface area contributed by atoms with E-state index in [9.17, 15) is 0 Å². The van der Waals surface area contributed by atoms with Gasteiger partial charge in [-0.25, -0.2) is 0 Å². The van der Waals surface area contributed by atoms with E-state index in [1.807, 2.05) is 24.4 Å². The van der Waals surface area contributed by atoms with Gasteiger partial charge in [0, 0.05) is 38.8 Å². The fraction of sp³-hybridized carbons (Fsp3) is 0. The fourth-order valence-corrected chi connectivity index (χ4v) is 7.64. The maximum atomic E-state index is 6.51. The standard InChI is InChI=1S/C41H22N2O2/c1-2-8-23(9-3-1)24-18-31-26-16-15-25(20-29(26)28-11-6-14-36-39(28)40(31)38(19-24)45-36)43-33-12-7-17-42-41(33)32-22-37-30(21-34(32)43)27-10-4-5-13-35(27)44-37/h1-22H. The number of aromatic nitrogens is 2. The molecule has 0 fully saturated rings. The van der Waals surface area contributed by atoms with Crippen LogP contribution in [0.3, 0.4) is 0 Å². The lowest BCUT2D eigenvalue weighted by Gasteiger charge is -2.13. The molecule has 0 saturated carbocycles. The number of pyridine rings is 1. The van der Waals surface area contributed by atoms with Crippen molar-refractivity contribution < 1.29 is 8.83 Å². The highest BCUT2D eigenvalue weighted by molar-refractivity contribution is 6.33. The molecule has 0 radical (unpaired) electrons. The lowest BCUT2D eigenvalue weighted by atomic mass is 9.92. The second kappa shape index (κ2) is 8.28. The van der Waals surface area contributed by atoms with E-state index in [4.69, 9.17) is 13.8 Å². The van der Waals surface area contributed by atoms with Gasteiger partial charge >= 0.3 is 0 Å². The van der Waals surface area contributed by atoms with E-state index in [1.165, 1.54) is 37.9 Å². The van der Waals surface area contributed by atoms with Crippen molar-refractivity contribution in [1.29, 1.82) is 0 Å². The Morgan fingerprint density at radius 2 is 1.24 bits per heavy atom. The third kappa shape index (κ3) is 3.03. The van der Waals surface area contributed by atoms with Gasteiger partial charge in [-0.05, 0) is 93.3 Å². The molecule has 4 heterocycles. The van der Waals surface area contributed by atoms with Gasteiger partial charge in [0.2, 0.25) is 0 Å². The van der Waals surface area contributed by atoms with Crippen molar-refractivity contribution in [3.63, 3.8) is 0 Å². The third-order valence-corrected chi connectivity index (χ3v) is 9.57. The minimum atomic E-state index is 0.875. The summed E-state index contributed by atoms with van der Waals surface area (Å²) in [5.41, 5.74) is 10.2. The van der Waals surface area contributed by atoms with Gasteiger partial charge < -0.3 is 13.4 Å². The van der Waals surface area contributed by atoms with Crippen LogP contribution in [0.15, 0.2) is 142 Å². The first-order chi connectivity index (χ1) is 22.3. The second-order valence-corrected chi connectivity index (χ2v) is 11.9. The van der Waals surface area contributed by atoms with E-state index in [0.717, 1.165) is 66.3 Å². The summed E-state index contributed by atoms with van der Waals surface area (Å²) in [7, 11) is 0. The van der Waals surface area contributed by atoms with E-state index in [-0.39, 0.29) is 0 Å². The number of nitrogens with zero attached hydrogens (tertiary/aromatic N) is 2. The lowest BCUT2D eigenvalue weighted by Crippen LogP contribution is -1.94. The number of rotatable bonds is 2. The Morgan fingerprint density at radius 3 is 2.20 bits per heavy atom. The van der Waals surface area contributed by atoms with Crippen LogP contribution < -0.4 is 0 Å². The average molecular weight is 575 g/mol. The molecule has 4 aromatic heterocycles. The molecule has 0 unspecified atom stereocenters. The predicted octanol–water partition coefficient (Wildman–Crippen LogP) is 11.4. The van der Waals surface area contributed by atoms with Gasteiger partial charge in [-0.2, -0.15) is 0 Å². The summed E-state index contributed by atoms with van der Waals surface area (Å²) < 4.78 is 15.1. The Hall–Kier alpha value is -6.13. The molecule has 0 aliphatic rings. The van der Waals surface area contributed by atoms with Gasteiger partial charge in [0.1, 0.15) is 22.3 Å². The molecule has 11 rings (SSSR count). The average Bonchev–Trinajstić information content (AvgIpc) is 3.76. The van der Waals surface area contributed by atoms with Crippen molar-refractivity contribution in [1.82, 2.24) is 9.55 Å². The van der Waals surface area contributed by atoms with E-state index < -0.39 is 0 Å². The van der Waals surface area contributed by atoms with Crippen molar-refractivity contribution in [3.05, 3.63) is 134 Å². The van der Waals surface area contributed by atoms with Gasteiger partial charge in [0.25, 0.3) is 0 Å². The number of hydrogen-bond acceptors (Lipinski definition) is 3. The molecule has 11 aromatic rings. The minimum Gasteiger partial charge on any atom is -0.456 e. The molecule has 0 aliphatic carbocycles. The molecule has 0 atom stereocenters. The summed E-state index contributed by atoms with van der Waals surface area (Å²) in [6, 6.07) is 45.2. The van der Waals surface area contributed by atoms with Gasteiger partial charge in [0.05, 0.1) is 16.6 Å². The predicted molar refractivity (Wildman–Crippen MR) is 185 cm³/mol. The summed E-state index contributed by atoms with van der Waals surface area (Å²) in [5, 5.41) is 10.5. The van der Waals surface area contributed by atoms with Crippen molar-refractivity contribution in [2.24, 2.45) is 0 Å². The van der Waals surface area contributed by atoms with Gasteiger partial charge in [-0.3, -0.25) is 4.98 Å². The molecule has 7 aromatic carbocycles. The van der Waals surface area contributed by atoms with E-state index in [0.29, 0.717) is 0 Å². The largest absolute Gasteiger partial charge is 0.456 e. The van der Waals surface area contributed by atoms with Crippen LogP contribution in [0.2, 0.25) is 0 Å². The molecule has 0 amide bonds. The first kappa shape index (κ1) is 23.3. The first-order valence-electron chi connectivity index (χ1n) is 15.2. The summed E-state index contributed by atoms with van der Waals surface area (Å²) >= 11 is 0. The number of benzene rings is 7. The van der Waals surface area contributed by atoms with E-state index in [2.05, 4.69) is 114 Å². The Balaban J connectivity index is 1.26. The summed E-state index contributed by atoms with van der Waals surface area (Å²) in [6.07, 6.45) is 1.87. The quantitative estimate of drug-likeness (QED) is 0.193. The molecular formula is C41H22N2O2. The molecular weight excluding hydrogens is 552 g/mol. The van der Waals surface area contributed by atoms with Crippen molar-refractivity contribution in [2.45, 2.75) is 0 Å². The number of fused-ring (bicyclic) bond motifs is 9.